The smallest absolute Gasteiger partial charge is 0.141 e. The third kappa shape index (κ3) is 3.87. The van der Waals surface area contributed by atoms with Gasteiger partial charge in [0.2, 0.25) is 0 Å². The molecule has 0 bridgehead atoms. The summed E-state index contributed by atoms with van der Waals surface area (Å²) in [4.78, 5) is 18.2. The number of fused-ring (bicyclic) bond motifs is 3. The van der Waals surface area contributed by atoms with Gasteiger partial charge in [0.1, 0.15) is 16.5 Å². The molecular weight excluding hydrogens is 400 g/mol. The summed E-state index contributed by atoms with van der Waals surface area (Å²) in [5, 5.41) is 1.39. The van der Waals surface area contributed by atoms with Crippen LogP contribution in [0.1, 0.15) is 60.4 Å². The second kappa shape index (κ2) is 8.18. The molecule has 0 N–H and O–H groups in total. The van der Waals surface area contributed by atoms with Crippen LogP contribution in [-0.4, -0.2) is 41.0 Å². The largest absolute Gasteiger partial charge is 0.356 e. The Morgan fingerprint density at radius 2 is 1.81 bits per heavy atom. The van der Waals surface area contributed by atoms with Crippen molar-refractivity contribution in [1.29, 1.82) is 0 Å². The molecule has 2 aromatic heterocycles. The molecule has 2 aliphatic heterocycles. The highest BCUT2D eigenvalue weighted by molar-refractivity contribution is 7.19. The summed E-state index contributed by atoms with van der Waals surface area (Å²) < 4.78 is 0. The molecule has 4 nitrogen and oxygen atoms in total. The van der Waals surface area contributed by atoms with Crippen molar-refractivity contribution in [1.82, 2.24) is 14.9 Å². The molecule has 5 heteroatoms. The van der Waals surface area contributed by atoms with Crippen LogP contribution in [0.25, 0.3) is 10.2 Å². The molecule has 4 heterocycles. The minimum atomic E-state index is 0.602. The van der Waals surface area contributed by atoms with Crippen LogP contribution in [0.4, 0.5) is 5.82 Å². The molecule has 1 saturated carbocycles. The van der Waals surface area contributed by atoms with E-state index in [0.717, 1.165) is 50.9 Å². The molecule has 0 unspecified atom stereocenters. The van der Waals surface area contributed by atoms with Gasteiger partial charge in [0.05, 0.1) is 5.39 Å². The van der Waals surface area contributed by atoms with Crippen molar-refractivity contribution in [2.75, 3.05) is 31.1 Å². The summed E-state index contributed by atoms with van der Waals surface area (Å²) in [6, 6.07) is 11.0. The number of hydrogen-bond donors (Lipinski definition) is 0. The Morgan fingerprint density at radius 1 is 1.00 bits per heavy atom. The third-order valence-electron chi connectivity index (χ3n) is 7.45. The van der Waals surface area contributed by atoms with E-state index in [2.05, 4.69) is 47.1 Å². The molecule has 1 aliphatic carbocycles. The number of piperidine rings is 1. The van der Waals surface area contributed by atoms with Crippen LogP contribution in [0.5, 0.6) is 0 Å². The third-order valence-corrected chi connectivity index (χ3v) is 8.56. The van der Waals surface area contributed by atoms with Crippen LogP contribution >= 0.6 is 11.3 Å². The van der Waals surface area contributed by atoms with E-state index >= 15 is 0 Å². The number of anilines is 1. The zero-order valence-corrected chi connectivity index (χ0v) is 19.3. The topological polar surface area (TPSA) is 32.3 Å². The molecule has 1 saturated heterocycles. The van der Waals surface area contributed by atoms with Crippen molar-refractivity contribution in [2.24, 2.45) is 5.92 Å². The molecule has 162 valence electrons. The molecule has 6 rings (SSSR count). The summed E-state index contributed by atoms with van der Waals surface area (Å²) in [6.45, 7) is 7.91. The predicted octanol–water partition coefficient (Wildman–Crippen LogP) is 5.41. The molecule has 0 atom stereocenters. The van der Waals surface area contributed by atoms with E-state index in [1.807, 2.05) is 11.3 Å². The second-order valence-corrected chi connectivity index (χ2v) is 10.7. The van der Waals surface area contributed by atoms with Gasteiger partial charge >= 0.3 is 0 Å². The molecule has 3 aliphatic rings. The second-order valence-electron chi connectivity index (χ2n) is 9.60. The van der Waals surface area contributed by atoms with Gasteiger partial charge in [-0.1, -0.05) is 37.3 Å². The number of nitrogens with zero attached hydrogens (tertiary/aromatic N) is 4. The lowest BCUT2D eigenvalue weighted by atomic mass is 9.90. The van der Waals surface area contributed by atoms with Gasteiger partial charge in [-0.05, 0) is 62.1 Å². The van der Waals surface area contributed by atoms with Crippen molar-refractivity contribution >= 4 is 27.4 Å². The fourth-order valence-corrected chi connectivity index (χ4v) is 6.63. The molecule has 31 heavy (non-hydrogen) atoms. The summed E-state index contributed by atoms with van der Waals surface area (Å²) in [5.74, 6) is 3.76. The maximum absolute atomic E-state index is 5.22. The Labute approximate surface area is 189 Å². The van der Waals surface area contributed by atoms with Crippen molar-refractivity contribution in [3.8, 4) is 0 Å². The van der Waals surface area contributed by atoms with Gasteiger partial charge in [-0.3, -0.25) is 4.90 Å². The molecule has 1 aromatic carbocycles. The lowest BCUT2D eigenvalue weighted by Gasteiger charge is -2.34. The molecule has 2 fully saturated rings. The summed E-state index contributed by atoms with van der Waals surface area (Å²) in [5.41, 5.74) is 3.03. The van der Waals surface area contributed by atoms with E-state index in [1.54, 1.807) is 5.56 Å². The molecule has 0 amide bonds. The van der Waals surface area contributed by atoms with Gasteiger partial charge in [-0.15, -0.1) is 11.3 Å². The minimum Gasteiger partial charge on any atom is -0.356 e. The number of hydrogen-bond acceptors (Lipinski definition) is 5. The van der Waals surface area contributed by atoms with E-state index in [-0.39, 0.29) is 0 Å². The SMILES string of the molecule is CCN1CCc2c(sc3nc(C4CC4)nc(N4CCC(Cc5ccccc5)CC4)c23)C1. The van der Waals surface area contributed by atoms with Crippen molar-refractivity contribution in [3.63, 3.8) is 0 Å². The van der Waals surface area contributed by atoms with Gasteiger partial charge in [-0.25, -0.2) is 9.97 Å². The lowest BCUT2D eigenvalue weighted by molar-refractivity contribution is 0.272. The normalized spacial score (nSPS) is 20.4. The summed E-state index contributed by atoms with van der Waals surface area (Å²) in [7, 11) is 0. The zero-order valence-electron chi connectivity index (χ0n) is 18.5. The maximum atomic E-state index is 5.22. The highest BCUT2D eigenvalue weighted by atomic mass is 32.1. The average molecular weight is 433 g/mol. The first-order valence-corrected chi connectivity index (χ1v) is 12.9. The fourth-order valence-electron chi connectivity index (χ4n) is 5.36. The fraction of sp³-hybridized carbons (Fsp3) is 0.538. The first-order valence-electron chi connectivity index (χ1n) is 12.1. The van der Waals surface area contributed by atoms with Crippen LogP contribution in [0.15, 0.2) is 30.3 Å². The van der Waals surface area contributed by atoms with E-state index in [1.165, 1.54) is 58.6 Å². The van der Waals surface area contributed by atoms with Crippen LogP contribution in [0.2, 0.25) is 0 Å². The summed E-state index contributed by atoms with van der Waals surface area (Å²) >= 11 is 1.94. The first kappa shape index (κ1) is 19.7. The quantitative estimate of drug-likeness (QED) is 0.540. The zero-order chi connectivity index (χ0) is 20.8. The van der Waals surface area contributed by atoms with Gasteiger partial charge in [-0.2, -0.15) is 0 Å². The van der Waals surface area contributed by atoms with Crippen LogP contribution in [0.3, 0.4) is 0 Å². The highest BCUT2D eigenvalue weighted by Gasteiger charge is 2.32. The number of aromatic nitrogens is 2. The number of benzene rings is 1. The Kier molecular flexibility index (Phi) is 5.19. The minimum absolute atomic E-state index is 0.602. The van der Waals surface area contributed by atoms with E-state index in [9.17, 15) is 0 Å². The standard InChI is InChI=1S/C26H32N4S/c1-2-29-13-12-21-22(17-29)31-26-23(21)25(27-24(28-26)20-8-9-20)30-14-10-19(11-15-30)16-18-6-4-3-5-7-18/h3-7,19-20H,2,8-17H2,1H3. The molecular formula is C26H32N4S. The monoisotopic (exact) mass is 432 g/mol. The van der Waals surface area contributed by atoms with Crippen molar-refractivity contribution in [3.05, 3.63) is 52.2 Å². The Bertz CT molecular complexity index is 1060. The van der Waals surface area contributed by atoms with Gasteiger partial charge in [0, 0.05) is 37.0 Å². The number of rotatable bonds is 5. The average Bonchev–Trinajstić information content (AvgIpc) is 3.60. The summed E-state index contributed by atoms with van der Waals surface area (Å²) in [6.07, 6.45) is 7.40. The van der Waals surface area contributed by atoms with Crippen molar-refractivity contribution < 1.29 is 0 Å². The predicted molar refractivity (Wildman–Crippen MR) is 129 cm³/mol. The van der Waals surface area contributed by atoms with Crippen LogP contribution < -0.4 is 4.90 Å². The molecule has 0 spiro atoms. The van der Waals surface area contributed by atoms with E-state index in [4.69, 9.17) is 9.97 Å². The van der Waals surface area contributed by atoms with Crippen LogP contribution in [0, 0.1) is 5.92 Å². The van der Waals surface area contributed by atoms with Crippen LogP contribution in [-0.2, 0) is 19.4 Å². The Hall–Kier alpha value is -1.98. The van der Waals surface area contributed by atoms with Gasteiger partial charge in [0.25, 0.3) is 0 Å². The first-order chi connectivity index (χ1) is 15.3. The number of thiophene rings is 1. The maximum Gasteiger partial charge on any atom is 0.141 e. The van der Waals surface area contributed by atoms with Gasteiger partial charge < -0.3 is 4.90 Å². The molecule has 0 radical (unpaired) electrons. The highest BCUT2D eigenvalue weighted by Crippen LogP contribution is 2.44. The Balaban J connectivity index is 1.29. The molecule has 3 aromatic rings. The lowest BCUT2D eigenvalue weighted by Crippen LogP contribution is -2.35. The van der Waals surface area contributed by atoms with E-state index in [0.29, 0.717) is 5.92 Å². The van der Waals surface area contributed by atoms with Crippen molar-refractivity contribution in [2.45, 2.75) is 57.9 Å². The number of likely N-dealkylation sites (N-methyl/N-ethyl adjacent to an activating group) is 1. The van der Waals surface area contributed by atoms with E-state index < -0.39 is 0 Å². The Morgan fingerprint density at radius 3 is 2.55 bits per heavy atom. The van der Waals surface area contributed by atoms with Gasteiger partial charge in [0.15, 0.2) is 0 Å².